The first-order chi connectivity index (χ1) is 8.36. The molecule has 2 heterocycles. The molecule has 2 aromatic heterocycles. The van der Waals surface area contributed by atoms with Crippen LogP contribution in [0.4, 0.5) is 0 Å². The van der Waals surface area contributed by atoms with Crippen molar-refractivity contribution in [3.05, 3.63) is 40.8 Å². The van der Waals surface area contributed by atoms with E-state index in [1.54, 1.807) is 18.5 Å². The molecule has 2 aromatic carbocycles. The first kappa shape index (κ1) is 8.58. The van der Waals surface area contributed by atoms with Gasteiger partial charge >= 0.3 is 0 Å². The summed E-state index contributed by atoms with van der Waals surface area (Å²) >= 11 is 0. The molecule has 80 valence electrons. The minimum absolute atomic E-state index is 0.00782. The maximum atomic E-state index is 12.3. The maximum absolute atomic E-state index is 12.3. The van der Waals surface area contributed by atoms with Crippen LogP contribution in [0.2, 0.25) is 0 Å². The summed E-state index contributed by atoms with van der Waals surface area (Å²) in [5.74, 6) is 0. The van der Waals surface area contributed by atoms with E-state index in [2.05, 4.69) is 20.4 Å². The van der Waals surface area contributed by atoms with Crippen LogP contribution in [0.3, 0.4) is 0 Å². The Labute approximate surface area is 94.4 Å². The van der Waals surface area contributed by atoms with Crippen LogP contribution in [0.15, 0.2) is 35.4 Å². The van der Waals surface area contributed by atoms with Gasteiger partial charge in [-0.05, 0) is 6.07 Å². The van der Waals surface area contributed by atoms with Gasteiger partial charge in [0.2, 0.25) is 0 Å². The highest BCUT2D eigenvalue weighted by molar-refractivity contribution is 6.18. The highest BCUT2D eigenvalue weighted by atomic mass is 16.1. The zero-order chi connectivity index (χ0) is 11.4. The fraction of sp³-hybridized carbons (Fsp3) is 0. The molecule has 0 saturated heterocycles. The van der Waals surface area contributed by atoms with Gasteiger partial charge in [-0.15, -0.1) is 10.2 Å². The van der Waals surface area contributed by atoms with E-state index < -0.39 is 0 Å². The van der Waals surface area contributed by atoms with E-state index in [0.717, 1.165) is 21.8 Å². The van der Waals surface area contributed by atoms with Gasteiger partial charge in [0.05, 0.1) is 17.1 Å². The third-order valence-electron chi connectivity index (χ3n) is 3.05. The molecular weight excluding hydrogens is 216 g/mol. The first-order valence-electron chi connectivity index (χ1n) is 5.19. The van der Waals surface area contributed by atoms with Gasteiger partial charge in [-0.25, -0.2) is 0 Å². The van der Waals surface area contributed by atoms with E-state index in [9.17, 15) is 4.79 Å². The van der Waals surface area contributed by atoms with Crippen molar-refractivity contribution >= 4 is 32.6 Å². The van der Waals surface area contributed by atoms with Crippen molar-refractivity contribution in [2.45, 2.75) is 0 Å². The number of aromatic nitrogens is 4. The van der Waals surface area contributed by atoms with Crippen LogP contribution in [-0.2, 0) is 0 Å². The molecule has 0 fully saturated rings. The van der Waals surface area contributed by atoms with E-state index in [1.165, 1.54) is 0 Å². The minimum atomic E-state index is -0.00782. The molecule has 0 saturated carbocycles. The van der Waals surface area contributed by atoms with Gasteiger partial charge in [0.25, 0.3) is 0 Å². The Morgan fingerprint density at radius 2 is 2.00 bits per heavy atom. The first-order valence-corrected chi connectivity index (χ1v) is 5.19. The Kier molecular flexibility index (Phi) is 1.39. The molecule has 4 rings (SSSR count). The molecule has 5 nitrogen and oxygen atoms in total. The van der Waals surface area contributed by atoms with Gasteiger partial charge in [-0.3, -0.25) is 9.89 Å². The van der Waals surface area contributed by atoms with Crippen LogP contribution in [0.5, 0.6) is 0 Å². The fourth-order valence-corrected chi connectivity index (χ4v) is 2.28. The molecule has 0 spiro atoms. The molecule has 1 N–H and O–H groups in total. The topological polar surface area (TPSA) is 71.5 Å². The van der Waals surface area contributed by atoms with Crippen LogP contribution in [-0.4, -0.2) is 20.4 Å². The van der Waals surface area contributed by atoms with Gasteiger partial charge < -0.3 is 0 Å². The summed E-state index contributed by atoms with van der Waals surface area (Å²) in [7, 11) is 0. The van der Waals surface area contributed by atoms with Gasteiger partial charge in [0, 0.05) is 22.4 Å². The Morgan fingerprint density at radius 3 is 2.94 bits per heavy atom. The molecule has 0 unspecified atom stereocenters. The number of nitrogens with zero attached hydrogens (tertiary/aromatic N) is 3. The maximum Gasteiger partial charge on any atom is 0.196 e. The lowest BCUT2D eigenvalue weighted by atomic mass is 10.0. The standard InChI is InChI=1S/C12H6N4O/c17-12-6-2-1-3-9-10(6)11(16-15-9)7-4-13-14-5-8(7)12/h1-5,14H. The summed E-state index contributed by atoms with van der Waals surface area (Å²) < 4.78 is 0. The summed E-state index contributed by atoms with van der Waals surface area (Å²) in [6, 6.07) is 5.49. The van der Waals surface area contributed by atoms with Crippen molar-refractivity contribution in [3.63, 3.8) is 0 Å². The van der Waals surface area contributed by atoms with Crippen LogP contribution >= 0.6 is 0 Å². The summed E-state index contributed by atoms with van der Waals surface area (Å²) in [6.45, 7) is 0. The number of rotatable bonds is 0. The van der Waals surface area contributed by atoms with Crippen LogP contribution < -0.4 is 5.43 Å². The molecule has 0 amide bonds. The zero-order valence-corrected chi connectivity index (χ0v) is 8.64. The summed E-state index contributed by atoms with van der Waals surface area (Å²) in [4.78, 5) is 12.3. The number of hydrogen-bond donors (Lipinski definition) is 1. The molecule has 0 radical (unpaired) electrons. The Bertz CT molecular complexity index is 912. The van der Waals surface area contributed by atoms with Crippen molar-refractivity contribution in [2.24, 2.45) is 0 Å². The zero-order valence-electron chi connectivity index (χ0n) is 8.64. The second-order valence-electron chi connectivity index (χ2n) is 3.94. The monoisotopic (exact) mass is 222 g/mol. The third-order valence-corrected chi connectivity index (χ3v) is 3.05. The molecule has 17 heavy (non-hydrogen) atoms. The fourth-order valence-electron chi connectivity index (χ4n) is 2.28. The predicted octanol–water partition coefficient (Wildman–Crippen LogP) is 1.46. The van der Waals surface area contributed by atoms with Crippen molar-refractivity contribution in [1.29, 1.82) is 0 Å². The lowest BCUT2D eigenvalue weighted by Gasteiger charge is -1.99. The van der Waals surface area contributed by atoms with E-state index >= 15 is 0 Å². The third kappa shape index (κ3) is 0.932. The van der Waals surface area contributed by atoms with Crippen LogP contribution in [0.1, 0.15) is 0 Å². The Hall–Kier alpha value is -2.56. The van der Waals surface area contributed by atoms with Gasteiger partial charge in [-0.1, -0.05) is 12.1 Å². The largest absolute Gasteiger partial charge is 0.289 e. The number of aromatic amines is 1. The number of H-pyrrole nitrogens is 1. The number of benzene rings is 2. The molecule has 0 aliphatic rings. The van der Waals surface area contributed by atoms with Crippen molar-refractivity contribution in [2.75, 3.05) is 0 Å². The second-order valence-corrected chi connectivity index (χ2v) is 3.94. The van der Waals surface area contributed by atoms with Gasteiger partial charge in [-0.2, -0.15) is 5.10 Å². The van der Waals surface area contributed by atoms with E-state index in [-0.39, 0.29) is 5.43 Å². The lowest BCUT2D eigenvalue weighted by molar-refractivity contribution is 1.05. The summed E-state index contributed by atoms with van der Waals surface area (Å²) in [5, 5.41) is 17.7. The normalized spacial score (nSPS) is 11.8. The van der Waals surface area contributed by atoms with E-state index in [1.807, 2.05) is 12.1 Å². The van der Waals surface area contributed by atoms with Crippen LogP contribution in [0.25, 0.3) is 32.6 Å². The minimum Gasteiger partial charge on any atom is -0.289 e. The smallest absolute Gasteiger partial charge is 0.196 e. The Balaban J connectivity index is 2.53. The molecule has 4 aromatic rings. The molecule has 5 heteroatoms. The van der Waals surface area contributed by atoms with E-state index in [4.69, 9.17) is 0 Å². The highest BCUT2D eigenvalue weighted by Gasteiger charge is 2.14. The number of fused-ring (bicyclic) bond motifs is 2. The number of nitrogens with one attached hydrogen (secondary N) is 1. The quantitative estimate of drug-likeness (QED) is 0.457. The molecular formula is C12H6N4O. The number of hydrogen-bond acceptors (Lipinski definition) is 4. The summed E-state index contributed by atoms with van der Waals surface area (Å²) in [5.41, 5.74) is 1.49. The summed E-state index contributed by atoms with van der Waals surface area (Å²) in [6.07, 6.45) is 3.22. The van der Waals surface area contributed by atoms with Crippen LogP contribution in [0, 0.1) is 0 Å². The Morgan fingerprint density at radius 1 is 1.06 bits per heavy atom. The molecule has 0 bridgehead atoms. The van der Waals surface area contributed by atoms with Crippen molar-refractivity contribution < 1.29 is 0 Å². The van der Waals surface area contributed by atoms with E-state index in [0.29, 0.717) is 10.8 Å². The average Bonchev–Trinajstić information content (AvgIpc) is 2.81. The predicted molar refractivity (Wildman–Crippen MR) is 64.2 cm³/mol. The molecule has 0 aliphatic heterocycles. The molecule has 0 atom stereocenters. The van der Waals surface area contributed by atoms with Crippen molar-refractivity contribution in [3.8, 4) is 0 Å². The highest BCUT2D eigenvalue weighted by Crippen LogP contribution is 2.27. The van der Waals surface area contributed by atoms with Crippen molar-refractivity contribution in [1.82, 2.24) is 20.4 Å². The lowest BCUT2D eigenvalue weighted by Crippen LogP contribution is -2.03. The average molecular weight is 222 g/mol. The van der Waals surface area contributed by atoms with Gasteiger partial charge in [0.15, 0.2) is 5.43 Å². The second kappa shape index (κ2) is 2.76. The molecule has 0 aliphatic carbocycles. The SMILES string of the molecule is O=c1c2c[nH]ncc2c2nnc3cccc1c32. The van der Waals surface area contributed by atoms with Gasteiger partial charge in [0.1, 0.15) is 5.52 Å².